The quantitative estimate of drug-likeness (QED) is 0.527. The molecule has 0 saturated carbocycles. The van der Waals surface area contributed by atoms with Crippen LogP contribution in [-0.2, 0) is 11.2 Å². The largest absolute Gasteiger partial charge is 0.461 e. The van der Waals surface area contributed by atoms with Crippen LogP contribution < -0.4 is 11.2 Å². The van der Waals surface area contributed by atoms with E-state index in [0.717, 1.165) is 12.1 Å². The third kappa shape index (κ3) is 3.60. The molecule has 0 aliphatic heterocycles. The second-order valence-electron chi connectivity index (χ2n) is 5.04. The van der Waals surface area contributed by atoms with Crippen LogP contribution in [0.15, 0.2) is 52.2 Å². The molecule has 1 aromatic carbocycles. The van der Waals surface area contributed by atoms with Crippen LogP contribution in [-0.4, -0.2) is 26.5 Å². The Balaban J connectivity index is 1.58. The van der Waals surface area contributed by atoms with Gasteiger partial charge in [0.2, 0.25) is 16.9 Å². The SMILES string of the molecule is CCc1ccc(NC(=O)CSc2nnc(-c3ccco3)n2N)cc1. The summed E-state index contributed by atoms with van der Waals surface area (Å²) in [5, 5.41) is 11.2. The third-order valence-electron chi connectivity index (χ3n) is 3.38. The lowest BCUT2D eigenvalue weighted by Crippen LogP contribution is -2.16. The third-order valence-corrected chi connectivity index (χ3v) is 4.33. The molecule has 0 bridgehead atoms. The minimum Gasteiger partial charge on any atom is -0.461 e. The number of thioether (sulfide) groups is 1. The van der Waals surface area contributed by atoms with Gasteiger partial charge in [-0.1, -0.05) is 30.8 Å². The van der Waals surface area contributed by atoms with Gasteiger partial charge >= 0.3 is 0 Å². The molecule has 0 aliphatic rings. The molecule has 24 heavy (non-hydrogen) atoms. The number of amides is 1. The fraction of sp³-hybridized carbons (Fsp3) is 0.188. The molecule has 7 nitrogen and oxygen atoms in total. The Morgan fingerprint density at radius 3 is 2.75 bits per heavy atom. The van der Waals surface area contributed by atoms with E-state index in [1.807, 2.05) is 24.3 Å². The maximum absolute atomic E-state index is 12.0. The lowest BCUT2D eigenvalue weighted by Gasteiger charge is -2.06. The number of aryl methyl sites for hydroxylation is 1. The molecule has 124 valence electrons. The molecule has 3 aromatic rings. The lowest BCUT2D eigenvalue weighted by molar-refractivity contribution is -0.113. The van der Waals surface area contributed by atoms with Gasteiger partial charge in [0.15, 0.2) is 5.76 Å². The van der Waals surface area contributed by atoms with Crippen molar-refractivity contribution in [1.29, 1.82) is 0 Å². The fourth-order valence-corrected chi connectivity index (χ4v) is 2.76. The zero-order valence-electron chi connectivity index (χ0n) is 13.1. The number of nitrogen functional groups attached to an aromatic ring is 1. The van der Waals surface area contributed by atoms with Crippen molar-refractivity contribution in [3.05, 3.63) is 48.2 Å². The van der Waals surface area contributed by atoms with Gasteiger partial charge in [-0.15, -0.1) is 10.2 Å². The van der Waals surface area contributed by atoms with Gasteiger partial charge in [0.25, 0.3) is 0 Å². The normalized spacial score (nSPS) is 10.7. The molecule has 3 N–H and O–H groups in total. The van der Waals surface area contributed by atoms with Crippen molar-refractivity contribution in [3.8, 4) is 11.6 Å². The van der Waals surface area contributed by atoms with E-state index in [2.05, 4.69) is 22.4 Å². The van der Waals surface area contributed by atoms with Gasteiger partial charge in [0.05, 0.1) is 12.0 Å². The number of nitrogens with two attached hydrogens (primary N) is 1. The molecule has 2 heterocycles. The molecule has 0 saturated heterocycles. The van der Waals surface area contributed by atoms with E-state index in [1.54, 1.807) is 12.1 Å². The highest BCUT2D eigenvalue weighted by atomic mass is 32.2. The average Bonchev–Trinajstić information content (AvgIpc) is 3.23. The summed E-state index contributed by atoms with van der Waals surface area (Å²) in [4.78, 5) is 12.0. The second-order valence-corrected chi connectivity index (χ2v) is 5.98. The lowest BCUT2D eigenvalue weighted by atomic mass is 10.1. The number of carbonyl (C=O) groups excluding carboxylic acids is 1. The molecule has 0 aliphatic carbocycles. The van der Waals surface area contributed by atoms with E-state index in [1.165, 1.54) is 28.3 Å². The Morgan fingerprint density at radius 1 is 1.29 bits per heavy atom. The van der Waals surface area contributed by atoms with Crippen LogP contribution in [0.4, 0.5) is 5.69 Å². The predicted molar refractivity (Wildman–Crippen MR) is 93.0 cm³/mol. The van der Waals surface area contributed by atoms with Gasteiger partial charge in [0, 0.05) is 5.69 Å². The smallest absolute Gasteiger partial charge is 0.234 e. The van der Waals surface area contributed by atoms with E-state index in [-0.39, 0.29) is 11.7 Å². The molecular formula is C16H17N5O2S. The number of hydrogen-bond donors (Lipinski definition) is 2. The van der Waals surface area contributed by atoms with E-state index >= 15 is 0 Å². The maximum atomic E-state index is 12.0. The summed E-state index contributed by atoms with van der Waals surface area (Å²) in [7, 11) is 0. The fourth-order valence-electron chi connectivity index (χ4n) is 2.10. The highest BCUT2D eigenvalue weighted by molar-refractivity contribution is 7.99. The number of aromatic nitrogens is 3. The Hall–Kier alpha value is -2.74. The van der Waals surface area contributed by atoms with Crippen LogP contribution in [0.3, 0.4) is 0 Å². The number of rotatable bonds is 6. The molecule has 0 spiro atoms. The van der Waals surface area contributed by atoms with Crippen LogP contribution in [0.25, 0.3) is 11.6 Å². The van der Waals surface area contributed by atoms with Gasteiger partial charge in [0.1, 0.15) is 0 Å². The minimum absolute atomic E-state index is 0.133. The van der Waals surface area contributed by atoms with Crippen LogP contribution in [0.2, 0.25) is 0 Å². The molecule has 0 fully saturated rings. The van der Waals surface area contributed by atoms with Gasteiger partial charge in [-0.05, 0) is 36.2 Å². The predicted octanol–water partition coefficient (Wildman–Crippen LogP) is 2.55. The number of carbonyl (C=O) groups is 1. The van der Waals surface area contributed by atoms with E-state index < -0.39 is 0 Å². The first-order chi connectivity index (χ1) is 11.7. The van der Waals surface area contributed by atoms with Gasteiger partial charge in [-0.2, -0.15) is 0 Å². The average molecular weight is 343 g/mol. The van der Waals surface area contributed by atoms with Crippen molar-refractivity contribution in [1.82, 2.24) is 14.9 Å². The van der Waals surface area contributed by atoms with E-state index in [0.29, 0.717) is 16.7 Å². The molecule has 3 rings (SSSR count). The number of nitrogens with zero attached hydrogens (tertiary/aromatic N) is 3. The van der Waals surface area contributed by atoms with Crippen LogP contribution in [0.5, 0.6) is 0 Å². The van der Waals surface area contributed by atoms with Crippen LogP contribution in [0, 0.1) is 0 Å². The first kappa shape index (κ1) is 16.1. The number of hydrogen-bond acceptors (Lipinski definition) is 6. The van der Waals surface area contributed by atoms with Crippen molar-refractivity contribution in [2.24, 2.45) is 0 Å². The molecule has 8 heteroatoms. The standard InChI is InChI=1S/C16H17N5O2S/c1-2-11-5-7-12(8-6-11)18-14(22)10-24-16-20-19-15(21(16)17)13-4-3-9-23-13/h3-9H,2,10,17H2,1H3,(H,18,22). The summed E-state index contributed by atoms with van der Waals surface area (Å²) in [5.41, 5.74) is 1.99. The zero-order chi connectivity index (χ0) is 16.9. The number of furan rings is 1. The molecule has 0 atom stereocenters. The number of anilines is 1. The molecule has 1 amide bonds. The minimum atomic E-state index is -0.133. The van der Waals surface area contributed by atoms with Crippen LogP contribution in [0.1, 0.15) is 12.5 Å². The maximum Gasteiger partial charge on any atom is 0.234 e. The van der Waals surface area contributed by atoms with Gasteiger partial charge < -0.3 is 15.6 Å². The Morgan fingerprint density at radius 2 is 2.08 bits per heavy atom. The summed E-state index contributed by atoms with van der Waals surface area (Å²) in [5.74, 6) is 6.94. The summed E-state index contributed by atoms with van der Waals surface area (Å²) >= 11 is 1.21. The molecule has 0 radical (unpaired) electrons. The number of nitrogens with one attached hydrogen (secondary N) is 1. The molecule has 0 unspecified atom stereocenters. The first-order valence-corrected chi connectivity index (χ1v) is 8.42. The molecular weight excluding hydrogens is 326 g/mol. The Labute approximate surface area is 143 Å². The summed E-state index contributed by atoms with van der Waals surface area (Å²) < 4.78 is 6.56. The van der Waals surface area contributed by atoms with Crippen molar-refractivity contribution >= 4 is 23.4 Å². The zero-order valence-corrected chi connectivity index (χ0v) is 13.9. The highest BCUT2D eigenvalue weighted by Gasteiger charge is 2.15. The summed E-state index contributed by atoms with van der Waals surface area (Å²) in [6, 6.07) is 11.3. The van der Waals surface area contributed by atoms with Crippen molar-refractivity contribution in [2.75, 3.05) is 16.9 Å². The Kier molecular flexibility index (Phi) is 4.85. The topological polar surface area (TPSA) is 99.0 Å². The van der Waals surface area contributed by atoms with Gasteiger partial charge in [-0.3, -0.25) is 4.79 Å². The summed E-state index contributed by atoms with van der Waals surface area (Å²) in [6.07, 6.45) is 2.50. The Bertz CT molecular complexity index is 812. The van der Waals surface area contributed by atoms with E-state index in [9.17, 15) is 4.79 Å². The van der Waals surface area contributed by atoms with Crippen molar-refractivity contribution in [2.45, 2.75) is 18.5 Å². The van der Waals surface area contributed by atoms with Crippen molar-refractivity contribution < 1.29 is 9.21 Å². The van der Waals surface area contributed by atoms with Crippen LogP contribution >= 0.6 is 11.8 Å². The van der Waals surface area contributed by atoms with E-state index in [4.69, 9.17) is 10.3 Å². The monoisotopic (exact) mass is 343 g/mol. The number of benzene rings is 1. The molecule has 2 aromatic heterocycles. The van der Waals surface area contributed by atoms with Crippen molar-refractivity contribution in [3.63, 3.8) is 0 Å². The highest BCUT2D eigenvalue weighted by Crippen LogP contribution is 2.22. The van der Waals surface area contributed by atoms with Gasteiger partial charge in [-0.25, -0.2) is 4.68 Å². The second kappa shape index (κ2) is 7.22. The first-order valence-electron chi connectivity index (χ1n) is 7.43. The summed E-state index contributed by atoms with van der Waals surface area (Å²) in [6.45, 7) is 2.09.